The zero-order valence-electron chi connectivity index (χ0n) is 14.2. The van der Waals surface area contributed by atoms with Gasteiger partial charge in [0.2, 0.25) is 5.91 Å². The summed E-state index contributed by atoms with van der Waals surface area (Å²) in [5.74, 6) is -0.158. The molecule has 0 fully saturated rings. The molecule has 0 atom stereocenters. The molecule has 0 bridgehead atoms. The fourth-order valence-corrected chi connectivity index (χ4v) is 2.30. The molecule has 7 nitrogen and oxygen atoms in total. The molecule has 2 rings (SSSR count). The molecule has 0 unspecified atom stereocenters. The third kappa shape index (κ3) is 5.49. The molecule has 0 aromatic heterocycles. The minimum Gasteiger partial charge on any atom is -0.508 e. The summed E-state index contributed by atoms with van der Waals surface area (Å²) in [5, 5.41) is 16.2. The maximum absolute atomic E-state index is 12.0. The van der Waals surface area contributed by atoms with Crippen LogP contribution in [0.5, 0.6) is 11.5 Å². The van der Waals surface area contributed by atoms with E-state index in [1.54, 1.807) is 25.1 Å². The van der Waals surface area contributed by atoms with Crippen molar-refractivity contribution in [3.63, 3.8) is 0 Å². The molecule has 2 amide bonds. The molecule has 3 N–H and O–H groups in total. The molecule has 2 aromatic rings. The Balaban J connectivity index is 1.89. The summed E-state index contributed by atoms with van der Waals surface area (Å²) in [5.41, 5.74) is 3.66. The molecule has 0 aliphatic carbocycles. The van der Waals surface area contributed by atoms with Gasteiger partial charge in [-0.05, 0) is 49.4 Å². The number of phenols is 1. The summed E-state index contributed by atoms with van der Waals surface area (Å²) in [7, 11) is 1.51. The first-order valence-corrected chi connectivity index (χ1v) is 8.02. The number of hydrogen-bond donors (Lipinski definition) is 3. The third-order valence-electron chi connectivity index (χ3n) is 3.33. The number of ether oxygens (including phenoxy) is 1. The first-order chi connectivity index (χ1) is 12.4. The van der Waals surface area contributed by atoms with Gasteiger partial charge in [0.1, 0.15) is 11.5 Å². The van der Waals surface area contributed by atoms with Gasteiger partial charge in [0, 0.05) is 17.0 Å². The van der Waals surface area contributed by atoms with Gasteiger partial charge in [0.25, 0.3) is 5.91 Å². The Kier molecular flexibility index (Phi) is 6.57. The standard InChI is InChI=1S/C18H18ClN3O4/c1-11(21-22-18(25)12-3-6-14(23)7-4-12)9-17(24)20-13-5-8-16(26-2)15(19)10-13/h3-8,10,23H,9H2,1-2H3,(H,20,24)(H,22,25)/b21-11-. The smallest absolute Gasteiger partial charge is 0.271 e. The van der Waals surface area contributed by atoms with Gasteiger partial charge in [0.05, 0.1) is 18.6 Å². The van der Waals surface area contributed by atoms with E-state index in [0.29, 0.717) is 27.7 Å². The van der Waals surface area contributed by atoms with Crippen molar-refractivity contribution in [3.8, 4) is 11.5 Å². The van der Waals surface area contributed by atoms with Crippen molar-refractivity contribution in [1.29, 1.82) is 0 Å². The number of phenolic OH excluding ortho intramolecular Hbond substituents is 1. The Morgan fingerprint density at radius 2 is 1.88 bits per heavy atom. The highest BCUT2D eigenvalue weighted by Gasteiger charge is 2.08. The van der Waals surface area contributed by atoms with Crippen molar-refractivity contribution in [2.75, 3.05) is 12.4 Å². The number of aromatic hydroxyl groups is 1. The van der Waals surface area contributed by atoms with Crippen LogP contribution in [0.2, 0.25) is 5.02 Å². The second-order valence-electron chi connectivity index (χ2n) is 5.41. The van der Waals surface area contributed by atoms with E-state index >= 15 is 0 Å². The van der Waals surface area contributed by atoms with Crippen LogP contribution in [-0.2, 0) is 4.79 Å². The van der Waals surface area contributed by atoms with Gasteiger partial charge in [0.15, 0.2) is 0 Å². The van der Waals surface area contributed by atoms with Crippen LogP contribution < -0.4 is 15.5 Å². The van der Waals surface area contributed by atoms with Crippen molar-refractivity contribution < 1.29 is 19.4 Å². The molecule has 8 heteroatoms. The van der Waals surface area contributed by atoms with Crippen molar-refractivity contribution >= 4 is 34.8 Å². The van der Waals surface area contributed by atoms with Crippen molar-refractivity contribution in [1.82, 2.24) is 5.43 Å². The molecule has 136 valence electrons. The van der Waals surface area contributed by atoms with Crippen LogP contribution in [0.25, 0.3) is 0 Å². The molecule has 0 aliphatic rings. The lowest BCUT2D eigenvalue weighted by molar-refractivity contribution is -0.115. The molecule has 26 heavy (non-hydrogen) atoms. The number of methoxy groups -OCH3 is 1. The van der Waals surface area contributed by atoms with Gasteiger partial charge in [-0.3, -0.25) is 9.59 Å². The second-order valence-corrected chi connectivity index (χ2v) is 5.82. The number of nitrogens with zero attached hydrogens (tertiary/aromatic N) is 1. The maximum atomic E-state index is 12.0. The van der Waals surface area contributed by atoms with E-state index in [4.69, 9.17) is 16.3 Å². The van der Waals surface area contributed by atoms with Crippen molar-refractivity contribution in [2.45, 2.75) is 13.3 Å². The lowest BCUT2D eigenvalue weighted by Gasteiger charge is -2.08. The first-order valence-electron chi connectivity index (χ1n) is 7.65. The van der Waals surface area contributed by atoms with E-state index in [2.05, 4.69) is 15.8 Å². The fraction of sp³-hybridized carbons (Fsp3) is 0.167. The topological polar surface area (TPSA) is 100 Å². The summed E-state index contributed by atoms with van der Waals surface area (Å²) in [4.78, 5) is 23.9. The van der Waals surface area contributed by atoms with Gasteiger partial charge in [-0.25, -0.2) is 5.43 Å². The molecule has 2 aromatic carbocycles. The normalized spacial score (nSPS) is 11.0. The molecular weight excluding hydrogens is 358 g/mol. The Bertz CT molecular complexity index is 835. The lowest BCUT2D eigenvalue weighted by Crippen LogP contribution is -2.21. The van der Waals surface area contributed by atoms with Gasteiger partial charge >= 0.3 is 0 Å². The molecule has 0 heterocycles. The lowest BCUT2D eigenvalue weighted by atomic mass is 10.2. The van der Waals surface area contributed by atoms with Crippen molar-refractivity contribution in [3.05, 3.63) is 53.1 Å². The second kappa shape index (κ2) is 8.87. The Labute approximate surface area is 155 Å². The third-order valence-corrected chi connectivity index (χ3v) is 3.63. The molecule has 0 spiro atoms. The van der Waals surface area contributed by atoms with E-state index in [0.717, 1.165) is 0 Å². The van der Waals surface area contributed by atoms with Crippen LogP contribution in [0.4, 0.5) is 5.69 Å². The van der Waals surface area contributed by atoms with Crippen LogP contribution in [0.3, 0.4) is 0 Å². The number of hydrogen-bond acceptors (Lipinski definition) is 5. The monoisotopic (exact) mass is 375 g/mol. The van der Waals surface area contributed by atoms with Gasteiger partial charge in [-0.2, -0.15) is 5.10 Å². The number of amides is 2. The van der Waals surface area contributed by atoms with Crippen LogP contribution in [0.15, 0.2) is 47.6 Å². The Morgan fingerprint density at radius 3 is 2.50 bits per heavy atom. The number of anilines is 1. The van der Waals surface area contributed by atoms with Gasteiger partial charge in [-0.1, -0.05) is 11.6 Å². The number of hydrazone groups is 1. The highest BCUT2D eigenvalue weighted by Crippen LogP contribution is 2.27. The average molecular weight is 376 g/mol. The SMILES string of the molecule is COc1ccc(NC(=O)C/C(C)=N\NC(=O)c2ccc(O)cc2)cc1Cl. The molecule has 0 radical (unpaired) electrons. The summed E-state index contributed by atoms with van der Waals surface area (Å²) in [6, 6.07) is 10.6. The zero-order valence-corrected chi connectivity index (χ0v) is 15.0. The number of benzene rings is 2. The summed E-state index contributed by atoms with van der Waals surface area (Å²) in [6.45, 7) is 1.62. The number of carbonyl (C=O) groups excluding carboxylic acids is 2. The highest BCUT2D eigenvalue weighted by molar-refractivity contribution is 6.32. The Hall–Kier alpha value is -3.06. The van der Waals surface area contributed by atoms with E-state index in [1.165, 1.54) is 31.4 Å². The van der Waals surface area contributed by atoms with E-state index in [9.17, 15) is 14.7 Å². The summed E-state index contributed by atoms with van der Waals surface area (Å²) < 4.78 is 5.05. The van der Waals surface area contributed by atoms with E-state index in [-0.39, 0.29) is 18.1 Å². The maximum Gasteiger partial charge on any atom is 0.271 e. The average Bonchev–Trinajstić information content (AvgIpc) is 2.60. The number of carbonyl (C=O) groups is 2. The fourth-order valence-electron chi connectivity index (χ4n) is 2.04. The molecule has 0 aliphatic heterocycles. The summed E-state index contributed by atoms with van der Waals surface area (Å²) >= 11 is 6.01. The largest absolute Gasteiger partial charge is 0.508 e. The predicted molar refractivity (Wildman–Crippen MR) is 99.9 cm³/mol. The van der Waals surface area contributed by atoms with Gasteiger partial charge in [-0.15, -0.1) is 0 Å². The predicted octanol–water partition coefficient (Wildman–Crippen LogP) is 3.19. The quantitative estimate of drug-likeness (QED) is 0.533. The zero-order chi connectivity index (χ0) is 19.1. The van der Waals surface area contributed by atoms with E-state index < -0.39 is 5.91 Å². The molecular formula is C18H18ClN3O4. The van der Waals surface area contributed by atoms with Crippen LogP contribution in [0, 0.1) is 0 Å². The van der Waals surface area contributed by atoms with E-state index in [1.807, 2.05) is 0 Å². The summed E-state index contributed by atoms with van der Waals surface area (Å²) in [6.07, 6.45) is -0.000490. The minimum absolute atomic E-state index is 0.000490. The number of nitrogens with one attached hydrogen (secondary N) is 2. The van der Waals surface area contributed by atoms with Crippen molar-refractivity contribution in [2.24, 2.45) is 5.10 Å². The molecule has 0 saturated heterocycles. The van der Waals surface area contributed by atoms with Gasteiger partial charge < -0.3 is 15.2 Å². The molecule has 0 saturated carbocycles. The number of halogens is 1. The highest BCUT2D eigenvalue weighted by atomic mass is 35.5. The Morgan fingerprint density at radius 1 is 1.19 bits per heavy atom. The number of rotatable bonds is 6. The van der Waals surface area contributed by atoms with Crippen LogP contribution in [-0.4, -0.2) is 29.7 Å². The van der Waals surface area contributed by atoms with Crippen LogP contribution >= 0.6 is 11.6 Å². The minimum atomic E-state index is -0.438. The van der Waals surface area contributed by atoms with Crippen LogP contribution in [0.1, 0.15) is 23.7 Å². The first kappa shape index (κ1) is 19.3.